The van der Waals surface area contributed by atoms with Gasteiger partial charge in [-0.1, -0.05) is 25.3 Å². The lowest BCUT2D eigenvalue weighted by Crippen LogP contribution is -2.42. The highest BCUT2D eigenvalue weighted by molar-refractivity contribution is 7.80. The van der Waals surface area contributed by atoms with E-state index in [-0.39, 0.29) is 0 Å². The summed E-state index contributed by atoms with van der Waals surface area (Å²) in [4.78, 5) is 4.27. The van der Waals surface area contributed by atoms with Gasteiger partial charge in [-0.15, -0.1) is 0 Å². The van der Waals surface area contributed by atoms with Crippen molar-refractivity contribution in [2.24, 2.45) is 0 Å². The van der Waals surface area contributed by atoms with Crippen LogP contribution in [0.15, 0.2) is 18.3 Å². The molecule has 0 saturated heterocycles. The monoisotopic (exact) mass is 263 g/mol. The zero-order valence-corrected chi connectivity index (χ0v) is 11.7. The van der Waals surface area contributed by atoms with Crippen LogP contribution >= 0.6 is 12.2 Å². The highest BCUT2D eigenvalue weighted by Gasteiger charge is 2.13. The Morgan fingerprint density at radius 3 is 2.78 bits per heavy atom. The topological polar surface area (TPSA) is 37.0 Å². The molecule has 98 valence electrons. The Morgan fingerprint density at radius 1 is 1.33 bits per heavy atom. The van der Waals surface area contributed by atoms with Gasteiger partial charge >= 0.3 is 0 Å². The van der Waals surface area contributed by atoms with E-state index in [9.17, 15) is 0 Å². The molecule has 0 radical (unpaired) electrons. The Hall–Kier alpha value is -1.16. The molecule has 1 fully saturated rings. The van der Waals surface area contributed by atoms with Crippen molar-refractivity contribution in [1.29, 1.82) is 0 Å². The summed E-state index contributed by atoms with van der Waals surface area (Å²) < 4.78 is 0. The summed E-state index contributed by atoms with van der Waals surface area (Å²) in [6.45, 7) is 2.73. The maximum Gasteiger partial charge on any atom is 0.166 e. The first-order valence-corrected chi connectivity index (χ1v) is 7.11. The molecule has 0 unspecified atom stereocenters. The van der Waals surface area contributed by atoms with Crippen LogP contribution < -0.4 is 10.6 Å². The first kappa shape index (κ1) is 13.3. The van der Waals surface area contributed by atoms with Gasteiger partial charge in [-0.05, 0) is 43.6 Å². The Kier molecular flexibility index (Phi) is 4.93. The van der Waals surface area contributed by atoms with Gasteiger partial charge in [0, 0.05) is 24.5 Å². The third-order valence-electron chi connectivity index (χ3n) is 3.37. The molecular formula is C14H21N3S. The van der Waals surface area contributed by atoms with Crippen LogP contribution in [0.5, 0.6) is 0 Å². The number of hydrogen-bond donors (Lipinski definition) is 2. The van der Waals surface area contributed by atoms with E-state index in [0.29, 0.717) is 6.04 Å². The summed E-state index contributed by atoms with van der Waals surface area (Å²) >= 11 is 5.32. The van der Waals surface area contributed by atoms with Gasteiger partial charge < -0.3 is 10.6 Å². The number of thiocarbonyl (C=S) groups is 1. The molecule has 0 atom stereocenters. The molecule has 1 aromatic rings. The first-order valence-electron chi connectivity index (χ1n) is 6.70. The number of rotatable bonds is 3. The average molecular weight is 263 g/mol. The average Bonchev–Trinajstić information content (AvgIpc) is 2.39. The zero-order valence-electron chi connectivity index (χ0n) is 10.9. The summed E-state index contributed by atoms with van der Waals surface area (Å²) in [5.74, 6) is 0. The van der Waals surface area contributed by atoms with Crippen LogP contribution in [0.2, 0.25) is 0 Å². The molecular weight excluding hydrogens is 242 g/mol. The van der Waals surface area contributed by atoms with Gasteiger partial charge in [0.25, 0.3) is 0 Å². The molecule has 1 aromatic heterocycles. The lowest BCUT2D eigenvalue weighted by Gasteiger charge is -2.24. The first-order chi connectivity index (χ1) is 8.74. The Morgan fingerprint density at radius 2 is 2.11 bits per heavy atom. The van der Waals surface area contributed by atoms with Crippen molar-refractivity contribution in [1.82, 2.24) is 15.6 Å². The third-order valence-corrected chi connectivity index (χ3v) is 3.63. The van der Waals surface area contributed by atoms with Gasteiger partial charge in [-0.3, -0.25) is 4.98 Å². The molecule has 1 heterocycles. The second-order valence-electron chi connectivity index (χ2n) is 4.97. The molecule has 1 aliphatic rings. The third kappa shape index (κ3) is 4.26. The predicted octanol–water partition coefficient (Wildman–Crippen LogP) is 2.69. The van der Waals surface area contributed by atoms with Crippen molar-refractivity contribution in [3.63, 3.8) is 0 Å². The van der Waals surface area contributed by atoms with Crippen molar-refractivity contribution in [2.75, 3.05) is 0 Å². The summed E-state index contributed by atoms with van der Waals surface area (Å²) in [7, 11) is 0. The summed E-state index contributed by atoms with van der Waals surface area (Å²) in [6, 6.07) is 4.67. The summed E-state index contributed by atoms with van der Waals surface area (Å²) in [6.07, 6.45) is 8.39. The van der Waals surface area contributed by atoms with E-state index >= 15 is 0 Å². The molecule has 0 spiro atoms. The van der Waals surface area contributed by atoms with Crippen molar-refractivity contribution >= 4 is 17.3 Å². The van der Waals surface area contributed by atoms with Gasteiger partial charge in [0.05, 0.1) is 0 Å². The van der Waals surface area contributed by atoms with Gasteiger partial charge in [0.1, 0.15) is 0 Å². The fourth-order valence-corrected chi connectivity index (χ4v) is 2.51. The molecule has 0 aliphatic heterocycles. The van der Waals surface area contributed by atoms with Crippen LogP contribution in [0.25, 0.3) is 0 Å². The smallest absolute Gasteiger partial charge is 0.166 e. The van der Waals surface area contributed by atoms with Crippen LogP contribution in [-0.2, 0) is 6.54 Å². The highest BCUT2D eigenvalue weighted by atomic mass is 32.1. The summed E-state index contributed by atoms with van der Waals surface area (Å²) in [5, 5.41) is 7.41. The van der Waals surface area contributed by atoms with Gasteiger partial charge in [0.2, 0.25) is 0 Å². The van der Waals surface area contributed by atoms with Crippen molar-refractivity contribution in [3.05, 3.63) is 29.6 Å². The zero-order chi connectivity index (χ0) is 12.8. The lowest BCUT2D eigenvalue weighted by molar-refractivity contribution is 0.412. The van der Waals surface area contributed by atoms with Crippen LogP contribution in [0.3, 0.4) is 0 Å². The van der Waals surface area contributed by atoms with Gasteiger partial charge in [-0.25, -0.2) is 0 Å². The number of nitrogens with one attached hydrogen (secondary N) is 2. The van der Waals surface area contributed by atoms with Crippen molar-refractivity contribution in [3.8, 4) is 0 Å². The van der Waals surface area contributed by atoms with Crippen LogP contribution in [0.4, 0.5) is 0 Å². The fraction of sp³-hybridized carbons (Fsp3) is 0.571. The molecule has 2 N–H and O–H groups in total. The number of hydrogen-bond acceptors (Lipinski definition) is 2. The largest absolute Gasteiger partial charge is 0.360 e. The summed E-state index contributed by atoms with van der Waals surface area (Å²) in [5.41, 5.74) is 2.20. The maximum absolute atomic E-state index is 5.32. The molecule has 0 aromatic carbocycles. The van der Waals surface area contributed by atoms with Crippen LogP contribution in [0, 0.1) is 6.92 Å². The van der Waals surface area contributed by atoms with E-state index in [1.165, 1.54) is 32.1 Å². The minimum Gasteiger partial charge on any atom is -0.360 e. The minimum absolute atomic E-state index is 0.565. The van der Waals surface area contributed by atoms with E-state index in [4.69, 9.17) is 12.2 Å². The highest BCUT2D eigenvalue weighted by Crippen LogP contribution is 2.17. The molecule has 2 rings (SSSR count). The number of aromatic nitrogens is 1. The van der Waals surface area contributed by atoms with E-state index in [0.717, 1.165) is 22.9 Å². The molecule has 0 amide bonds. The number of pyridine rings is 1. The Bertz CT molecular complexity index is 383. The lowest BCUT2D eigenvalue weighted by atomic mass is 9.96. The van der Waals surface area contributed by atoms with Crippen LogP contribution in [-0.4, -0.2) is 16.1 Å². The second-order valence-corrected chi connectivity index (χ2v) is 5.38. The molecule has 0 bridgehead atoms. The second kappa shape index (κ2) is 6.69. The quantitative estimate of drug-likeness (QED) is 0.822. The predicted molar refractivity (Wildman–Crippen MR) is 78.4 cm³/mol. The van der Waals surface area contributed by atoms with E-state index in [1.807, 2.05) is 19.2 Å². The molecule has 1 saturated carbocycles. The molecule has 3 nitrogen and oxygen atoms in total. The molecule has 18 heavy (non-hydrogen) atoms. The van der Waals surface area contributed by atoms with Crippen molar-refractivity contribution in [2.45, 2.75) is 51.6 Å². The van der Waals surface area contributed by atoms with Crippen LogP contribution in [0.1, 0.15) is 43.4 Å². The van der Waals surface area contributed by atoms with Gasteiger partial charge in [0.15, 0.2) is 5.11 Å². The molecule has 1 aliphatic carbocycles. The van der Waals surface area contributed by atoms with Gasteiger partial charge in [-0.2, -0.15) is 0 Å². The SMILES string of the molecule is Cc1ccc(CNC(=S)NC2CCCCC2)cn1. The van der Waals surface area contributed by atoms with Crippen molar-refractivity contribution < 1.29 is 0 Å². The van der Waals surface area contributed by atoms with E-state index in [2.05, 4.69) is 21.7 Å². The Labute approximate surface area is 114 Å². The standard InChI is InChI=1S/C14H21N3S/c1-11-7-8-12(9-15-11)10-16-14(18)17-13-5-3-2-4-6-13/h7-9,13H,2-6,10H2,1H3,(H2,16,17,18). The number of aryl methyl sites for hydroxylation is 1. The number of nitrogens with zero attached hydrogens (tertiary/aromatic N) is 1. The fourth-order valence-electron chi connectivity index (χ4n) is 2.27. The Balaban J connectivity index is 1.72. The van der Waals surface area contributed by atoms with E-state index < -0.39 is 0 Å². The molecule has 4 heteroatoms. The minimum atomic E-state index is 0.565. The maximum atomic E-state index is 5.32. The normalized spacial score (nSPS) is 16.3. The van der Waals surface area contributed by atoms with E-state index in [1.54, 1.807) is 0 Å².